The Labute approximate surface area is 277 Å². The molecule has 8 aromatic rings. The molecule has 0 atom stereocenters. The minimum Gasteiger partial charge on any atom is -0.457 e. The second-order valence-electron chi connectivity index (χ2n) is 12.4. The Morgan fingerprint density at radius 1 is 0.479 bits per heavy atom. The van der Waals surface area contributed by atoms with Crippen molar-refractivity contribution in [3.05, 3.63) is 179 Å². The lowest BCUT2D eigenvalue weighted by Crippen LogP contribution is -2.32. The lowest BCUT2D eigenvalue weighted by atomic mass is 9.66. The Morgan fingerprint density at radius 2 is 1.04 bits per heavy atom. The zero-order valence-corrected chi connectivity index (χ0v) is 25.7. The molecule has 0 saturated carbocycles. The Hall–Kier alpha value is -6.57. The van der Waals surface area contributed by atoms with Crippen LogP contribution in [0.2, 0.25) is 0 Å². The second kappa shape index (κ2) is 9.96. The lowest BCUT2D eigenvalue weighted by Gasteiger charge is -2.39. The predicted octanol–water partition coefficient (Wildman–Crippen LogP) is 10.5. The average molecular weight is 612 g/mol. The molecule has 4 nitrogen and oxygen atoms in total. The first kappa shape index (κ1) is 26.6. The Kier molecular flexibility index (Phi) is 5.53. The molecule has 0 radical (unpaired) electrons. The summed E-state index contributed by atoms with van der Waals surface area (Å²) < 4.78 is 6.73. The number of ether oxygens (including phenoxy) is 1. The van der Waals surface area contributed by atoms with Gasteiger partial charge >= 0.3 is 0 Å². The highest BCUT2D eigenvalue weighted by Crippen LogP contribution is 2.62. The number of hydrogen-bond donors (Lipinski definition) is 0. The summed E-state index contributed by atoms with van der Waals surface area (Å²) in [4.78, 5) is 10.3. The largest absolute Gasteiger partial charge is 0.457 e. The van der Waals surface area contributed by atoms with Gasteiger partial charge in [-0.1, -0.05) is 115 Å². The number of benzene rings is 6. The van der Waals surface area contributed by atoms with Crippen LogP contribution >= 0.6 is 0 Å². The highest BCUT2D eigenvalue weighted by Gasteiger charge is 2.50. The SMILES string of the molecule is N#Cc1cccc(-c2ccc3ccc4ccc(-c5ccc6c(c5)Oc5ccccc5C65c6ccccc6-c6ccccc65)nc4c3n2)c1. The standard InChI is InChI=1S/C44H25N3O/c45-26-27-8-7-9-30(24-27)38-22-19-28-16-17-29-20-23-39(47-43(29)42(28)46-38)31-18-21-37-41(25-31)48-40-15-6-5-14-36(40)44(37)34-12-3-1-10-32(34)33-11-2-4-13-35(33)44/h1-25H. The van der Waals surface area contributed by atoms with Crippen LogP contribution in [0.5, 0.6) is 11.5 Å². The van der Waals surface area contributed by atoms with Crippen LogP contribution in [0.15, 0.2) is 152 Å². The normalized spacial score (nSPS) is 13.3. The van der Waals surface area contributed by atoms with Crippen LogP contribution in [0.25, 0.3) is 55.4 Å². The number of nitriles is 1. The molecule has 0 fully saturated rings. The second-order valence-corrected chi connectivity index (χ2v) is 12.4. The van der Waals surface area contributed by atoms with E-state index in [9.17, 15) is 5.26 Å². The molecule has 6 aromatic carbocycles. The van der Waals surface area contributed by atoms with Crippen molar-refractivity contribution >= 4 is 21.8 Å². The van der Waals surface area contributed by atoms with Crippen LogP contribution < -0.4 is 4.74 Å². The molecule has 222 valence electrons. The first-order valence-corrected chi connectivity index (χ1v) is 16.0. The van der Waals surface area contributed by atoms with Gasteiger partial charge in [-0.2, -0.15) is 5.26 Å². The molecule has 0 unspecified atom stereocenters. The quantitative estimate of drug-likeness (QED) is 0.183. The molecular formula is C44H25N3O. The van der Waals surface area contributed by atoms with Crippen molar-refractivity contribution in [3.63, 3.8) is 0 Å². The molecule has 0 bridgehead atoms. The predicted molar refractivity (Wildman–Crippen MR) is 190 cm³/mol. The van der Waals surface area contributed by atoms with E-state index in [1.807, 2.05) is 30.3 Å². The lowest BCUT2D eigenvalue weighted by molar-refractivity contribution is 0.436. The maximum absolute atomic E-state index is 9.44. The molecule has 3 heterocycles. The van der Waals surface area contributed by atoms with E-state index in [-0.39, 0.29) is 0 Å². The molecule has 1 aliphatic heterocycles. The van der Waals surface area contributed by atoms with E-state index < -0.39 is 5.41 Å². The van der Waals surface area contributed by atoms with Crippen molar-refractivity contribution in [3.8, 4) is 51.2 Å². The van der Waals surface area contributed by atoms with Gasteiger partial charge in [-0.3, -0.25) is 0 Å². The van der Waals surface area contributed by atoms with E-state index in [0.29, 0.717) is 5.56 Å². The van der Waals surface area contributed by atoms with Crippen LogP contribution in [-0.4, -0.2) is 9.97 Å². The number of pyridine rings is 2. The van der Waals surface area contributed by atoms with Gasteiger partial charge in [0, 0.05) is 33.0 Å². The summed E-state index contributed by atoms with van der Waals surface area (Å²) >= 11 is 0. The summed E-state index contributed by atoms with van der Waals surface area (Å²) in [5.41, 5.74) is 12.6. The average Bonchev–Trinajstić information content (AvgIpc) is 3.45. The topological polar surface area (TPSA) is 58.8 Å². The highest BCUT2D eigenvalue weighted by atomic mass is 16.5. The van der Waals surface area contributed by atoms with Crippen molar-refractivity contribution in [1.82, 2.24) is 9.97 Å². The van der Waals surface area contributed by atoms with Gasteiger partial charge in [0.1, 0.15) is 11.5 Å². The molecule has 0 saturated heterocycles. The Morgan fingerprint density at radius 3 is 1.71 bits per heavy atom. The van der Waals surface area contributed by atoms with Crippen LogP contribution in [-0.2, 0) is 5.41 Å². The van der Waals surface area contributed by atoms with Crippen molar-refractivity contribution in [2.24, 2.45) is 0 Å². The first-order chi connectivity index (χ1) is 23.7. The van der Waals surface area contributed by atoms with E-state index in [1.165, 1.54) is 22.3 Å². The molecule has 0 N–H and O–H groups in total. The van der Waals surface area contributed by atoms with Gasteiger partial charge in [-0.05, 0) is 58.7 Å². The number of para-hydroxylation sites is 1. The molecule has 1 spiro atoms. The Balaban J connectivity index is 1.16. The van der Waals surface area contributed by atoms with E-state index in [1.54, 1.807) is 6.07 Å². The number of rotatable bonds is 2. The van der Waals surface area contributed by atoms with E-state index >= 15 is 0 Å². The highest BCUT2D eigenvalue weighted by molar-refractivity contribution is 6.04. The van der Waals surface area contributed by atoms with Crippen molar-refractivity contribution in [1.29, 1.82) is 5.26 Å². The van der Waals surface area contributed by atoms with Gasteiger partial charge in [0.05, 0.1) is 39.5 Å². The van der Waals surface area contributed by atoms with Gasteiger partial charge in [0.25, 0.3) is 0 Å². The van der Waals surface area contributed by atoms with Gasteiger partial charge in [-0.25, -0.2) is 9.97 Å². The summed E-state index contributed by atoms with van der Waals surface area (Å²) in [5, 5.41) is 11.5. The third kappa shape index (κ3) is 3.64. The molecule has 1 aliphatic carbocycles. The van der Waals surface area contributed by atoms with Crippen LogP contribution in [0.3, 0.4) is 0 Å². The zero-order valence-electron chi connectivity index (χ0n) is 25.7. The number of nitrogens with zero attached hydrogens (tertiary/aromatic N) is 3. The summed E-state index contributed by atoms with van der Waals surface area (Å²) in [5.74, 6) is 1.69. The smallest absolute Gasteiger partial charge is 0.132 e. The maximum Gasteiger partial charge on any atom is 0.132 e. The summed E-state index contributed by atoms with van der Waals surface area (Å²) in [7, 11) is 0. The molecule has 2 aliphatic rings. The third-order valence-electron chi connectivity index (χ3n) is 9.95. The van der Waals surface area contributed by atoms with Crippen molar-refractivity contribution in [2.75, 3.05) is 0 Å². The zero-order chi connectivity index (χ0) is 31.8. The van der Waals surface area contributed by atoms with Gasteiger partial charge in [-0.15, -0.1) is 0 Å². The van der Waals surface area contributed by atoms with Crippen molar-refractivity contribution in [2.45, 2.75) is 5.41 Å². The molecular weight excluding hydrogens is 587 g/mol. The van der Waals surface area contributed by atoms with Crippen LogP contribution in [0.1, 0.15) is 27.8 Å². The molecule has 2 aromatic heterocycles. The van der Waals surface area contributed by atoms with Gasteiger partial charge in [0.2, 0.25) is 0 Å². The van der Waals surface area contributed by atoms with E-state index in [0.717, 1.165) is 66.9 Å². The molecule has 48 heavy (non-hydrogen) atoms. The minimum absolute atomic E-state index is 0.494. The fourth-order valence-corrected chi connectivity index (χ4v) is 7.86. The fraction of sp³-hybridized carbons (Fsp3) is 0.0227. The number of aromatic nitrogens is 2. The third-order valence-corrected chi connectivity index (χ3v) is 9.95. The van der Waals surface area contributed by atoms with Crippen LogP contribution in [0.4, 0.5) is 0 Å². The van der Waals surface area contributed by atoms with Gasteiger partial charge < -0.3 is 4.74 Å². The number of fused-ring (bicyclic) bond motifs is 12. The van der Waals surface area contributed by atoms with Crippen LogP contribution in [0, 0.1) is 11.3 Å². The first-order valence-electron chi connectivity index (χ1n) is 16.0. The van der Waals surface area contributed by atoms with Crippen molar-refractivity contribution < 1.29 is 4.74 Å². The minimum atomic E-state index is -0.494. The fourth-order valence-electron chi connectivity index (χ4n) is 7.86. The summed E-state index contributed by atoms with van der Waals surface area (Å²) in [6.07, 6.45) is 0. The van der Waals surface area contributed by atoms with E-state index in [2.05, 4.69) is 121 Å². The maximum atomic E-state index is 9.44. The molecule has 4 heteroatoms. The number of hydrogen-bond acceptors (Lipinski definition) is 4. The Bertz CT molecular complexity index is 2640. The molecule has 0 amide bonds. The summed E-state index contributed by atoms with van der Waals surface area (Å²) in [6, 6.07) is 54.7. The van der Waals surface area contributed by atoms with E-state index in [4.69, 9.17) is 14.7 Å². The summed E-state index contributed by atoms with van der Waals surface area (Å²) in [6.45, 7) is 0. The molecule has 10 rings (SSSR count). The monoisotopic (exact) mass is 611 g/mol. The van der Waals surface area contributed by atoms with Gasteiger partial charge in [0.15, 0.2) is 0 Å².